The van der Waals surface area contributed by atoms with E-state index in [0.29, 0.717) is 5.57 Å². The Balaban J connectivity index is 2.27. The van der Waals surface area contributed by atoms with Gasteiger partial charge in [-0.15, -0.1) is 11.3 Å². The number of carbonyl (C=O) groups is 1. The lowest BCUT2D eigenvalue weighted by atomic mass is 10.00. The third kappa shape index (κ3) is 4.46. The second kappa shape index (κ2) is 8.89. The van der Waals surface area contributed by atoms with Gasteiger partial charge in [-0.25, -0.2) is 4.79 Å². The lowest BCUT2D eigenvalue weighted by molar-refractivity contribution is -0.133. The number of esters is 1. The van der Waals surface area contributed by atoms with Gasteiger partial charge in [-0.2, -0.15) is 0 Å². The van der Waals surface area contributed by atoms with Gasteiger partial charge in [0.15, 0.2) is 0 Å². The maximum atomic E-state index is 12.0. The van der Waals surface area contributed by atoms with E-state index in [1.165, 1.54) is 30.9 Å². The normalized spacial score (nSPS) is 12.0. The first-order valence-corrected chi connectivity index (χ1v) is 8.35. The molecule has 1 aromatic carbocycles. The number of ether oxygens (including phenoxy) is 2. The van der Waals surface area contributed by atoms with Crippen LogP contribution in [-0.4, -0.2) is 20.2 Å². The standard InChI is InChI=1S/C20H20O3S/c1-15-12-13-24-19(15)11-7-5-9-16-8-4-6-10-17(16)18(14-22-2)20(21)23-3/h4-14H,1-3H3. The third-order valence-electron chi connectivity index (χ3n) is 3.43. The molecule has 3 nitrogen and oxygen atoms in total. The monoisotopic (exact) mass is 340 g/mol. The Morgan fingerprint density at radius 2 is 1.83 bits per heavy atom. The van der Waals surface area contributed by atoms with E-state index < -0.39 is 5.97 Å². The average molecular weight is 340 g/mol. The van der Waals surface area contributed by atoms with Crippen LogP contribution >= 0.6 is 11.3 Å². The number of thiophene rings is 1. The number of rotatable bonds is 6. The molecule has 0 N–H and O–H groups in total. The molecule has 0 spiro atoms. The maximum absolute atomic E-state index is 12.0. The lowest BCUT2D eigenvalue weighted by Gasteiger charge is -2.08. The van der Waals surface area contributed by atoms with Crippen molar-refractivity contribution in [1.82, 2.24) is 0 Å². The highest BCUT2D eigenvalue weighted by atomic mass is 32.1. The van der Waals surface area contributed by atoms with Crippen LogP contribution in [0.3, 0.4) is 0 Å². The molecule has 0 unspecified atom stereocenters. The first-order chi connectivity index (χ1) is 11.7. The Hall–Kier alpha value is -2.59. The van der Waals surface area contributed by atoms with Crippen molar-refractivity contribution in [2.75, 3.05) is 14.2 Å². The first-order valence-electron chi connectivity index (χ1n) is 7.47. The summed E-state index contributed by atoms with van der Waals surface area (Å²) in [6, 6.07) is 9.72. The number of hydrogen-bond donors (Lipinski definition) is 0. The molecule has 0 saturated heterocycles. The second-order valence-electron chi connectivity index (χ2n) is 5.03. The number of allylic oxidation sites excluding steroid dienone is 2. The first kappa shape index (κ1) is 17.8. The molecule has 2 rings (SSSR count). The molecule has 124 valence electrons. The van der Waals surface area contributed by atoms with Crippen molar-refractivity contribution in [2.45, 2.75) is 6.92 Å². The van der Waals surface area contributed by atoms with E-state index in [-0.39, 0.29) is 0 Å². The summed E-state index contributed by atoms with van der Waals surface area (Å²) in [6.45, 7) is 2.09. The maximum Gasteiger partial charge on any atom is 0.341 e. The number of methoxy groups -OCH3 is 2. The van der Waals surface area contributed by atoms with Crippen molar-refractivity contribution in [2.24, 2.45) is 0 Å². The molecule has 0 amide bonds. The Morgan fingerprint density at radius 1 is 1.08 bits per heavy atom. The van der Waals surface area contributed by atoms with Crippen LogP contribution in [0.15, 0.2) is 54.1 Å². The summed E-state index contributed by atoms with van der Waals surface area (Å²) in [5, 5.41) is 2.08. The van der Waals surface area contributed by atoms with Gasteiger partial charge in [-0.3, -0.25) is 0 Å². The Morgan fingerprint density at radius 3 is 2.50 bits per heavy atom. The highest BCUT2D eigenvalue weighted by molar-refractivity contribution is 7.11. The lowest BCUT2D eigenvalue weighted by Crippen LogP contribution is -2.05. The van der Waals surface area contributed by atoms with Gasteiger partial charge in [0.05, 0.1) is 20.5 Å². The van der Waals surface area contributed by atoms with E-state index in [0.717, 1.165) is 11.1 Å². The van der Waals surface area contributed by atoms with Crippen molar-refractivity contribution in [3.05, 3.63) is 75.7 Å². The minimum Gasteiger partial charge on any atom is -0.503 e. The SMILES string of the molecule is COC=C(C(=O)OC)c1ccccc1C=CC=Cc1sccc1C. The number of carbonyl (C=O) groups excluding carboxylic acids is 1. The van der Waals surface area contributed by atoms with Crippen LogP contribution in [0, 0.1) is 6.92 Å². The van der Waals surface area contributed by atoms with Gasteiger partial charge in [0.1, 0.15) is 5.57 Å². The van der Waals surface area contributed by atoms with Gasteiger partial charge in [-0.1, -0.05) is 42.5 Å². The van der Waals surface area contributed by atoms with E-state index in [2.05, 4.69) is 24.4 Å². The molecular formula is C20H20O3S. The molecule has 0 aliphatic carbocycles. The van der Waals surface area contributed by atoms with Gasteiger partial charge < -0.3 is 9.47 Å². The minimum absolute atomic E-state index is 0.387. The molecule has 2 aromatic rings. The van der Waals surface area contributed by atoms with Crippen LogP contribution in [0.5, 0.6) is 0 Å². The molecule has 0 bridgehead atoms. The zero-order chi connectivity index (χ0) is 17.4. The number of benzene rings is 1. The fourth-order valence-electron chi connectivity index (χ4n) is 2.19. The predicted molar refractivity (Wildman–Crippen MR) is 101 cm³/mol. The molecule has 0 aliphatic heterocycles. The molecule has 1 aromatic heterocycles. The van der Waals surface area contributed by atoms with E-state index >= 15 is 0 Å². The van der Waals surface area contributed by atoms with E-state index in [1.54, 1.807) is 11.3 Å². The molecule has 0 atom stereocenters. The zero-order valence-electron chi connectivity index (χ0n) is 14.0. The number of aryl methyl sites for hydroxylation is 1. The van der Waals surface area contributed by atoms with Crippen molar-refractivity contribution >= 4 is 35.0 Å². The smallest absolute Gasteiger partial charge is 0.341 e. The Bertz CT molecular complexity index is 782. The second-order valence-corrected chi connectivity index (χ2v) is 5.98. The summed E-state index contributed by atoms with van der Waals surface area (Å²) >= 11 is 1.71. The minimum atomic E-state index is -0.428. The molecule has 4 heteroatoms. The van der Waals surface area contributed by atoms with E-state index in [1.807, 2.05) is 42.5 Å². The third-order valence-corrected chi connectivity index (χ3v) is 4.41. The van der Waals surface area contributed by atoms with E-state index in [4.69, 9.17) is 9.47 Å². The van der Waals surface area contributed by atoms with Gasteiger partial charge in [0.25, 0.3) is 0 Å². The van der Waals surface area contributed by atoms with Crippen LogP contribution in [0.25, 0.3) is 17.7 Å². The molecule has 1 heterocycles. The van der Waals surface area contributed by atoms with Gasteiger partial charge in [-0.05, 0) is 41.1 Å². The fourth-order valence-corrected chi connectivity index (χ4v) is 3.02. The van der Waals surface area contributed by atoms with Crippen molar-refractivity contribution < 1.29 is 14.3 Å². The highest BCUT2D eigenvalue weighted by Crippen LogP contribution is 2.22. The summed E-state index contributed by atoms with van der Waals surface area (Å²) in [5.41, 5.74) is 3.33. The van der Waals surface area contributed by atoms with Gasteiger partial charge in [0, 0.05) is 4.88 Å². The van der Waals surface area contributed by atoms with Gasteiger partial charge >= 0.3 is 5.97 Å². The van der Waals surface area contributed by atoms with Crippen molar-refractivity contribution in [3.63, 3.8) is 0 Å². The summed E-state index contributed by atoms with van der Waals surface area (Å²) in [6.07, 6.45) is 9.39. The zero-order valence-corrected chi connectivity index (χ0v) is 14.8. The molecule has 0 aliphatic rings. The Kier molecular flexibility index (Phi) is 6.58. The van der Waals surface area contributed by atoms with Crippen molar-refractivity contribution in [1.29, 1.82) is 0 Å². The highest BCUT2D eigenvalue weighted by Gasteiger charge is 2.15. The summed E-state index contributed by atoms with van der Waals surface area (Å²) < 4.78 is 9.86. The fraction of sp³-hybridized carbons (Fsp3) is 0.150. The van der Waals surface area contributed by atoms with Crippen LogP contribution in [0.2, 0.25) is 0 Å². The topological polar surface area (TPSA) is 35.5 Å². The largest absolute Gasteiger partial charge is 0.503 e. The molecule has 0 fully saturated rings. The summed E-state index contributed by atoms with van der Waals surface area (Å²) in [5.74, 6) is -0.428. The van der Waals surface area contributed by atoms with E-state index in [9.17, 15) is 4.79 Å². The quantitative estimate of drug-likeness (QED) is 0.323. The molecule has 24 heavy (non-hydrogen) atoms. The van der Waals surface area contributed by atoms with Crippen LogP contribution in [-0.2, 0) is 14.3 Å². The molecule has 0 radical (unpaired) electrons. The van der Waals surface area contributed by atoms with Crippen LogP contribution in [0.4, 0.5) is 0 Å². The van der Waals surface area contributed by atoms with Crippen LogP contribution in [0.1, 0.15) is 21.6 Å². The van der Waals surface area contributed by atoms with Crippen LogP contribution < -0.4 is 0 Å². The molecule has 0 saturated carbocycles. The van der Waals surface area contributed by atoms with Gasteiger partial charge in [0.2, 0.25) is 0 Å². The Labute approximate surface area is 146 Å². The summed E-state index contributed by atoms with van der Waals surface area (Å²) in [4.78, 5) is 13.2. The average Bonchev–Trinajstić information content (AvgIpc) is 3.01. The molecular weight excluding hydrogens is 320 g/mol. The van der Waals surface area contributed by atoms with Crippen molar-refractivity contribution in [3.8, 4) is 0 Å². The number of hydrogen-bond acceptors (Lipinski definition) is 4. The predicted octanol–water partition coefficient (Wildman–Crippen LogP) is 4.94. The summed E-state index contributed by atoms with van der Waals surface area (Å²) in [7, 11) is 2.86.